The lowest BCUT2D eigenvalue weighted by Crippen LogP contribution is -2.14. The molecule has 132 valence electrons. The highest BCUT2D eigenvalue weighted by molar-refractivity contribution is 6.09. The van der Waals surface area contributed by atoms with Crippen LogP contribution in [0.25, 0.3) is 6.08 Å². The molecule has 0 aliphatic heterocycles. The Balaban J connectivity index is 2.29. The third-order valence-electron chi connectivity index (χ3n) is 3.99. The van der Waals surface area contributed by atoms with E-state index >= 15 is 0 Å². The zero-order chi connectivity index (χ0) is 18.6. The number of methoxy groups -OCH3 is 1. The molecule has 0 radical (unpaired) electrons. The Morgan fingerprint density at radius 2 is 2.24 bits per heavy atom. The first kappa shape index (κ1) is 18.5. The number of aryl methyl sites for hydroxylation is 2. The molecular weight excluding hydrogens is 318 g/mol. The number of nitrogens with zero attached hydrogens (tertiary/aromatic N) is 4. The number of amides is 1. The Morgan fingerprint density at radius 1 is 1.52 bits per heavy atom. The maximum absolute atomic E-state index is 12.3. The van der Waals surface area contributed by atoms with Gasteiger partial charge in [-0.1, -0.05) is 0 Å². The monoisotopic (exact) mass is 341 g/mol. The van der Waals surface area contributed by atoms with Crippen molar-refractivity contribution in [3.63, 3.8) is 0 Å². The molecule has 25 heavy (non-hydrogen) atoms. The summed E-state index contributed by atoms with van der Waals surface area (Å²) in [6, 6.07) is 5.77. The molecule has 2 aromatic heterocycles. The van der Waals surface area contributed by atoms with Crippen molar-refractivity contribution in [2.24, 2.45) is 7.05 Å². The lowest BCUT2D eigenvalue weighted by Gasteiger charge is -2.17. The molecule has 2 rings (SSSR count). The van der Waals surface area contributed by atoms with Crippen LogP contribution >= 0.6 is 0 Å². The lowest BCUT2D eigenvalue weighted by molar-refractivity contribution is -0.112. The van der Waals surface area contributed by atoms with Gasteiger partial charge >= 0.3 is 0 Å². The summed E-state index contributed by atoms with van der Waals surface area (Å²) in [7, 11) is 3.42. The number of rotatable bonds is 6. The topological polar surface area (TPSA) is 84.9 Å². The van der Waals surface area contributed by atoms with E-state index in [2.05, 4.69) is 21.9 Å². The van der Waals surface area contributed by atoms with Gasteiger partial charge in [0.05, 0.1) is 12.6 Å². The molecule has 0 saturated carbocycles. The summed E-state index contributed by atoms with van der Waals surface area (Å²) in [5, 5.41) is 16.1. The summed E-state index contributed by atoms with van der Waals surface area (Å²) in [6.45, 7) is 6.62. The Morgan fingerprint density at radius 3 is 2.80 bits per heavy atom. The number of carbonyl (C=O) groups is 1. The van der Waals surface area contributed by atoms with E-state index in [1.54, 1.807) is 37.2 Å². The van der Waals surface area contributed by atoms with Crippen LogP contribution in [-0.2, 0) is 16.6 Å². The van der Waals surface area contributed by atoms with Crippen molar-refractivity contribution in [3.8, 4) is 6.07 Å². The van der Waals surface area contributed by atoms with E-state index in [9.17, 15) is 10.1 Å². The van der Waals surface area contributed by atoms with Gasteiger partial charge < -0.3 is 14.6 Å². The molecule has 2 heterocycles. The second-order valence-corrected chi connectivity index (χ2v) is 6.00. The molecule has 0 aliphatic rings. The van der Waals surface area contributed by atoms with Gasteiger partial charge in [0.2, 0.25) is 0 Å². The van der Waals surface area contributed by atoms with Gasteiger partial charge in [0.1, 0.15) is 11.6 Å². The molecule has 7 nitrogen and oxygen atoms in total. The fourth-order valence-corrected chi connectivity index (χ4v) is 2.91. The minimum Gasteiger partial charge on any atom is -0.383 e. The third-order valence-corrected chi connectivity index (χ3v) is 3.99. The number of anilines is 1. The number of carbonyl (C=O) groups excluding carboxylic acids is 1. The highest BCUT2D eigenvalue weighted by atomic mass is 16.5. The minimum atomic E-state index is -0.476. The summed E-state index contributed by atoms with van der Waals surface area (Å²) in [5.41, 5.74) is 2.91. The zero-order valence-electron chi connectivity index (χ0n) is 15.2. The number of aromatic nitrogens is 3. The van der Waals surface area contributed by atoms with Crippen LogP contribution < -0.4 is 5.32 Å². The van der Waals surface area contributed by atoms with Crippen molar-refractivity contribution in [1.29, 1.82) is 5.26 Å². The Bertz CT molecular complexity index is 838. The first-order valence-corrected chi connectivity index (χ1v) is 7.97. The van der Waals surface area contributed by atoms with Crippen molar-refractivity contribution in [1.82, 2.24) is 14.3 Å². The minimum absolute atomic E-state index is 0.0327. The van der Waals surface area contributed by atoms with Crippen molar-refractivity contribution in [2.45, 2.75) is 26.8 Å². The van der Waals surface area contributed by atoms with Crippen LogP contribution in [0.3, 0.4) is 0 Å². The molecule has 0 fully saturated rings. The molecule has 1 atom stereocenters. The predicted molar refractivity (Wildman–Crippen MR) is 95.9 cm³/mol. The molecule has 0 aliphatic carbocycles. The Hall–Kier alpha value is -2.85. The van der Waals surface area contributed by atoms with Crippen molar-refractivity contribution in [2.75, 3.05) is 19.0 Å². The van der Waals surface area contributed by atoms with Crippen molar-refractivity contribution >= 4 is 17.8 Å². The van der Waals surface area contributed by atoms with Crippen molar-refractivity contribution < 1.29 is 9.53 Å². The van der Waals surface area contributed by atoms with Crippen LogP contribution in [0.1, 0.15) is 29.9 Å². The summed E-state index contributed by atoms with van der Waals surface area (Å²) in [5.74, 6) is -0.0659. The molecule has 0 saturated heterocycles. The van der Waals surface area contributed by atoms with Crippen molar-refractivity contribution in [3.05, 3.63) is 40.9 Å². The number of hydrogen-bond acceptors (Lipinski definition) is 4. The largest absolute Gasteiger partial charge is 0.383 e. The van der Waals surface area contributed by atoms with Gasteiger partial charge in [-0.25, -0.2) is 0 Å². The summed E-state index contributed by atoms with van der Waals surface area (Å²) in [6.07, 6.45) is 3.33. The summed E-state index contributed by atoms with van der Waals surface area (Å²) < 4.78 is 8.94. The van der Waals surface area contributed by atoms with Crippen LogP contribution in [0.5, 0.6) is 0 Å². The first-order valence-electron chi connectivity index (χ1n) is 7.97. The normalized spacial score (nSPS) is 12.7. The summed E-state index contributed by atoms with van der Waals surface area (Å²) in [4.78, 5) is 12.3. The highest BCUT2D eigenvalue weighted by Gasteiger charge is 2.16. The molecule has 0 bridgehead atoms. The number of ether oxygens (including phenoxy) is 1. The Labute approximate surface area is 147 Å². The van der Waals surface area contributed by atoms with E-state index < -0.39 is 5.91 Å². The van der Waals surface area contributed by atoms with Gasteiger partial charge in [-0.15, -0.1) is 0 Å². The fraction of sp³-hybridized carbons (Fsp3) is 0.389. The second-order valence-electron chi connectivity index (χ2n) is 6.00. The molecule has 1 amide bonds. The molecule has 7 heteroatoms. The quantitative estimate of drug-likeness (QED) is 0.646. The first-order chi connectivity index (χ1) is 11.9. The van der Waals surface area contributed by atoms with E-state index in [0.29, 0.717) is 12.4 Å². The fourth-order valence-electron chi connectivity index (χ4n) is 2.91. The number of nitrogens with one attached hydrogen (secondary N) is 1. The van der Waals surface area contributed by atoms with Gasteiger partial charge in [0.25, 0.3) is 5.91 Å². The zero-order valence-corrected chi connectivity index (χ0v) is 15.2. The second kappa shape index (κ2) is 7.81. The molecule has 0 spiro atoms. The predicted octanol–water partition coefficient (Wildman–Crippen LogP) is 2.59. The molecular formula is C18H23N5O2. The Kier molecular flexibility index (Phi) is 5.78. The van der Waals surface area contributed by atoms with Crippen LogP contribution in [0.4, 0.5) is 5.82 Å². The third kappa shape index (κ3) is 4.17. The highest BCUT2D eigenvalue weighted by Crippen LogP contribution is 2.23. The van der Waals surface area contributed by atoms with Gasteiger partial charge in [0, 0.05) is 37.8 Å². The van der Waals surface area contributed by atoms with Gasteiger partial charge in [-0.3, -0.25) is 9.48 Å². The van der Waals surface area contributed by atoms with Gasteiger partial charge in [0.15, 0.2) is 5.82 Å². The lowest BCUT2D eigenvalue weighted by atomic mass is 10.1. The van der Waals surface area contributed by atoms with E-state index in [1.165, 1.54) is 0 Å². The molecule has 1 N–H and O–H groups in total. The van der Waals surface area contributed by atoms with Crippen LogP contribution in [0.2, 0.25) is 0 Å². The maximum atomic E-state index is 12.3. The smallest absolute Gasteiger partial charge is 0.267 e. The van der Waals surface area contributed by atoms with Crippen LogP contribution in [0.15, 0.2) is 23.9 Å². The van der Waals surface area contributed by atoms with E-state index in [4.69, 9.17) is 4.74 Å². The standard InChI is InChI=1S/C18H23N5O2/c1-12-8-15(14(3)23(12)13(2)11-25-5)9-16(10-19)18(24)20-17-6-7-22(4)21-17/h6-9,13H,11H2,1-5H3,(H,20,21,24)/b16-9-/t13-/m0/s1. The maximum Gasteiger partial charge on any atom is 0.267 e. The van der Waals surface area contributed by atoms with E-state index in [-0.39, 0.29) is 11.6 Å². The van der Waals surface area contributed by atoms with E-state index in [1.807, 2.05) is 26.0 Å². The van der Waals surface area contributed by atoms with Gasteiger partial charge in [-0.05, 0) is 38.5 Å². The molecule has 0 aromatic carbocycles. The number of nitriles is 1. The molecule has 0 unspecified atom stereocenters. The SMILES string of the molecule is COC[C@H](C)n1c(C)cc(/C=C(/C#N)C(=O)Nc2ccn(C)n2)c1C. The van der Waals surface area contributed by atoms with Crippen LogP contribution in [-0.4, -0.2) is 34.0 Å². The molecule has 2 aromatic rings. The van der Waals surface area contributed by atoms with Crippen LogP contribution in [0, 0.1) is 25.2 Å². The van der Waals surface area contributed by atoms with E-state index in [0.717, 1.165) is 17.0 Å². The number of hydrogen-bond donors (Lipinski definition) is 1. The summed E-state index contributed by atoms with van der Waals surface area (Å²) >= 11 is 0. The average Bonchev–Trinajstić information content (AvgIpc) is 3.08. The average molecular weight is 341 g/mol. The van der Waals surface area contributed by atoms with Gasteiger partial charge in [-0.2, -0.15) is 10.4 Å².